The van der Waals surface area contributed by atoms with Crippen molar-refractivity contribution >= 4 is 11.0 Å². The maximum atomic E-state index is 4.75. The van der Waals surface area contributed by atoms with E-state index in [-0.39, 0.29) is 0 Å². The lowest BCUT2D eigenvalue weighted by Crippen LogP contribution is -2.35. The molecule has 1 aromatic heterocycles. The van der Waals surface area contributed by atoms with E-state index >= 15 is 0 Å². The van der Waals surface area contributed by atoms with Crippen LogP contribution < -0.4 is 0 Å². The number of rotatable bonds is 5. The lowest BCUT2D eigenvalue weighted by molar-refractivity contribution is 0.183. The van der Waals surface area contributed by atoms with Crippen LogP contribution >= 0.6 is 0 Å². The molecule has 3 heteroatoms. The lowest BCUT2D eigenvalue weighted by atomic mass is 9.97. The second kappa shape index (κ2) is 7.63. The van der Waals surface area contributed by atoms with Crippen LogP contribution in [0, 0.1) is 6.92 Å². The van der Waals surface area contributed by atoms with E-state index in [9.17, 15) is 0 Å². The summed E-state index contributed by atoms with van der Waals surface area (Å²) < 4.78 is 2.47. The third kappa shape index (κ3) is 3.54. The minimum Gasteiger partial charge on any atom is -0.325 e. The van der Waals surface area contributed by atoms with Gasteiger partial charge in [-0.2, -0.15) is 0 Å². The van der Waals surface area contributed by atoms with Crippen molar-refractivity contribution in [1.29, 1.82) is 0 Å². The van der Waals surface area contributed by atoms with Gasteiger partial charge in [0.1, 0.15) is 5.82 Å². The number of hydrogen-bond acceptors (Lipinski definition) is 2. The molecule has 0 N–H and O–H groups in total. The van der Waals surface area contributed by atoms with E-state index in [0.717, 1.165) is 11.3 Å². The van der Waals surface area contributed by atoms with Gasteiger partial charge in [0.2, 0.25) is 0 Å². The van der Waals surface area contributed by atoms with Crippen molar-refractivity contribution < 1.29 is 0 Å². The zero-order valence-electron chi connectivity index (χ0n) is 15.9. The molecule has 1 unspecified atom stereocenters. The first-order valence-electron chi connectivity index (χ1n) is 9.93. The van der Waals surface area contributed by atoms with Gasteiger partial charge in [-0.05, 0) is 56.3 Å². The Kier molecular flexibility index (Phi) is 5.07. The van der Waals surface area contributed by atoms with E-state index in [0.29, 0.717) is 12.0 Å². The van der Waals surface area contributed by atoms with Crippen molar-refractivity contribution in [2.24, 2.45) is 0 Å². The van der Waals surface area contributed by atoms with Crippen LogP contribution in [0.1, 0.15) is 49.5 Å². The van der Waals surface area contributed by atoms with Crippen LogP contribution in [0.15, 0.2) is 54.6 Å². The number of likely N-dealkylation sites (tertiary alicyclic amines) is 1. The summed E-state index contributed by atoms with van der Waals surface area (Å²) in [7, 11) is 0. The second-order valence-corrected chi connectivity index (χ2v) is 7.69. The highest BCUT2D eigenvalue weighted by Crippen LogP contribution is 2.29. The number of nitrogens with zero attached hydrogens (tertiary/aromatic N) is 3. The van der Waals surface area contributed by atoms with Gasteiger partial charge >= 0.3 is 0 Å². The number of hydrogen-bond donors (Lipinski definition) is 0. The van der Waals surface area contributed by atoms with Crippen LogP contribution in [0.25, 0.3) is 11.0 Å². The van der Waals surface area contributed by atoms with Crippen LogP contribution in [-0.2, 0) is 0 Å². The Morgan fingerprint density at radius 1 is 1.00 bits per heavy atom. The molecule has 1 aliphatic heterocycles. The predicted octanol–water partition coefficient (Wildman–Crippen LogP) is 5.18. The molecule has 1 fully saturated rings. The summed E-state index contributed by atoms with van der Waals surface area (Å²) in [5, 5.41) is 0. The minimum atomic E-state index is 0.588. The van der Waals surface area contributed by atoms with Gasteiger partial charge in [0.15, 0.2) is 0 Å². The van der Waals surface area contributed by atoms with Crippen LogP contribution in [0.4, 0.5) is 0 Å². The van der Waals surface area contributed by atoms with Crippen LogP contribution in [-0.4, -0.2) is 34.1 Å². The number of aromatic nitrogens is 2. The molecule has 1 saturated heterocycles. The highest BCUT2D eigenvalue weighted by atomic mass is 15.2. The zero-order valence-corrected chi connectivity index (χ0v) is 15.9. The van der Waals surface area contributed by atoms with Crippen molar-refractivity contribution in [3.05, 3.63) is 66.0 Å². The van der Waals surface area contributed by atoms with E-state index in [4.69, 9.17) is 4.98 Å². The van der Waals surface area contributed by atoms with Crippen molar-refractivity contribution in [1.82, 2.24) is 14.5 Å². The van der Waals surface area contributed by atoms with E-state index in [1.54, 1.807) is 0 Å². The summed E-state index contributed by atoms with van der Waals surface area (Å²) in [4.78, 5) is 7.39. The van der Waals surface area contributed by atoms with E-state index < -0.39 is 0 Å². The molecule has 1 atom stereocenters. The number of piperidine rings is 1. The molecule has 2 heterocycles. The fourth-order valence-electron chi connectivity index (χ4n) is 4.35. The SMILES string of the molecule is Cc1nc2ccccc2n1C1CCN(CCC(C)c2ccccc2)CC1. The lowest BCUT2D eigenvalue weighted by Gasteiger charge is -2.34. The first-order valence-corrected chi connectivity index (χ1v) is 9.93. The number of benzene rings is 2. The summed E-state index contributed by atoms with van der Waals surface area (Å²) in [6.07, 6.45) is 3.68. The Morgan fingerprint density at radius 2 is 1.69 bits per heavy atom. The third-order valence-corrected chi connectivity index (χ3v) is 5.94. The van der Waals surface area contributed by atoms with Gasteiger partial charge in [-0.15, -0.1) is 0 Å². The Morgan fingerprint density at radius 3 is 2.46 bits per heavy atom. The summed E-state index contributed by atoms with van der Waals surface area (Å²) in [6.45, 7) is 8.08. The molecule has 0 saturated carbocycles. The second-order valence-electron chi connectivity index (χ2n) is 7.69. The fraction of sp³-hybridized carbons (Fsp3) is 0.435. The van der Waals surface area contributed by atoms with Gasteiger partial charge in [-0.3, -0.25) is 0 Å². The van der Waals surface area contributed by atoms with Gasteiger partial charge < -0.3 is 9.47 Å². The van der Waals surface area contributed by atoms with E-state index in [2.05, 4.69) is 77.9 Å². The van der Waals surface area contributed by atoms with E-state index in [1.807, 2.05) is 0 Å². The first kappa shape index (κ1) is 17.3. The average molecular weight is 348 g/mol. The Bertz CT molecular complexity index is 844. The molecule has 136 valence electrons. The molecule has 0 amide bonds. The van der Waals surface area contributed by atoms with Crippen LogP contribution in [0.3, 0.4) is 0 Å². The molecule has 1 aliphatic rings. The molecule has 4 rings (SSSR count). The quantitative estimate of drug-likeness (QED) is 0.634. The van der Waals surface area contributed by atoms with Crippen molar-refractivity contribution in [2.45, 2.75) is 45.1 Å². The highest BCUT2D eigenvalue weighted by Gasteiger charge is 2.23. The fourth-order valence-corrected chi connectivity index (χ4v) is 4.35. The van der Waals surface area contributed by atoms with Gasteiger partial charge in [-0.25, -0.2) is 4.98 Å². The normalized spacial score (nSPS) is 17.6. The van der Waals surface area contributed by atoms with Gasteiger partial charge in [-0.1, -0.05) is 49.4 Å². The summed E-state index contributed by atoms with van der Waals surface area (Å²) in [6, 6.07) is 20.0. The summed E-state index contributed by atoms with van der Waals surface area (Å²) in [5.74, 6) is 1.79. The molecule has 0 radical (unpaired) electrons. The number of para-hydroxylation sites is 2. The molecule has 2 aromatic carbocycles. The minimum absolute atomic E-state index is 0.588. The highest BCUT2D eigenvalue weighted by molar-refractivity contribution is 5.76. The maximum absolute atomic E-state index is 4.75. The van der Waals surface area contributed by atoms with Crippen molar-refractivity contribution in [2.75, 3.05) is 19.6 Å². The van der Waals surface area contributed by atoms with Gasteiger partial charge in [0.25, 0.3) is 0 Å². The van der Waals surface area contributed by atoms with Gasteiger partial charge in [0, 0.05) is 19.1 Å². The molecule has 26 heavy (non-hydrogen) atoms. The molecule has 3 aromatic rings. The first-order chi connectivity index (χ1) is 12.7. The topological polar surface area (TPSA) is 21.1 Å². The van der Waals surface area contributed by atoms with Gasteiger partial charge in [0.05, 0.1) is 11.0 Å². The standard InChI is InChI=1S/C23H29N3/c1-18(20-8-4-3-5-9-20)12-15-25-16-13-21(14-17-25)26-19(2)24-22-10-6-7-11-23(22)26/h3-11,18,21H,12-17H2,1-2H3. The molecule has 0 bridgehead atoms. The Hall–Kier alpha value is -2.13. The number of imidazole rings is 1. The number of aryl methyl sites for hydroxylation is 1. The maximum Gasteiger partial charge on any atom is 0.106 e. The van der Waals surface area contributed by atoms with Crippen molar-refractivity contribution in [3.63, 3.8) is 0 Å². The van der Waals surface area contributed by atoms with E-state index in [1.165, 1.54) is 50.0 Å². The summed E-state index contributed by atoms with van der Waals surface area (Å²) >= 11 is 0. The third-order valence-electron chi connectivity index (χ3n) is 5.94. The molecular weight excluding hydrogens is 318 g/mol. The number of fused-ring (bicyclic) bond motifs is 1. The Labute approximate surface area is 156 Å². The molecule has 0 spiro atoms. The average Bonchev–Trinajstić information content (AvgIpc) is 3.03. The van der Waals surface area contributed by atoms with Crippen LogP contribution in [0.2, 0.25) is 0 Å². The van der Waals surface area contributed by atoms with Crippen molar-refractivity contribution in [3.8, 4) is 0 Å². The largest absolute Gasteiger partial charge is 0.325 e. The monoisotopic (exact) mass is 347 g/mol. The predicted molar refractivity (Wildman–Crippen MR) is 109 cm³/mol. The smallest absolute Gasteiger partial charge is 0.106 e. The Balaban J connectivity index is 1.35. The summed E-state index contributed by atoms with van der Waals surface area (Å²) in [5.41, 5.74) is 3.88. The zero-order chi connectivity index (χ0) is 17.9. The molecule has 3 nitrogen and oxygen atoms in total. The molecule has 0 aliphatic carbocycles. The molecular formula is C23H29N3. The van der Waals surface area contributed by atoms with Crippen LogP contribution in [0.5, 0.6) is 0 Å².